The molecule has 0 saturated heterocycles. The first-order chi connectivity index (χ1) is 9.22. The molecule has 0 fully saturated rings. The van der Waals surface area contributed by atoms with Crippen molar-refractivity contribution in [2.24, 2.45) is 0 Å². The summed E-state index contributed by atoms with van der Waals surface area (Å²) in [7, 11) is 0. The van der Waals surface area contributed by atoms with Gasteiger partial charge in [0.15, 0.2) is 0 Å². The molecule has 2 rings (SSSR count). The number of rotatable bonds is 5. The van der Waals surface area contributed by atoms with Crippen LogP contribution in [-0.4, -0.2) is 10.2 Å². The van der Waals surface area contributed by atoms with Crippen LogP contribution in [0.5, 0.6) is 0 Å². The van der Waals surface area contributed by atoms with Gasteiger partial charge in [-0.1, -0.05) is 67.9 Å². The van der Waals surface area contributed by atoms with Gasteiger partial charge in [0.05, 0.1) is 0 Å². The number of aliphatic hydroxyl groups is 2. The van der Waals surface area contributed by atoms with Gasteiger partial charge in [-0.15, -0.1) is 0 Å². The first-order valence-corrected chi connectivity index (χ1v) is 6.72. The SMILES string of the molecule is CCCc1ccc(C(O)C(O)c2ccccc2)cc1. The van der Waals surface area contributed by atoms with Crippen molar-refractivity contribution in [3.8, 4) is 0 Å². The quantitative estimate of drug-likeness (QED) is 0.860. The highest BCUT2D eigenvalue weighted by Crippen LogP contribution is 2.28. The maximum Gasteiger partial charge on any atom is 0.109 e. The van der Waals surface area contributed by atoms with Crippen LogP contribution in [0.3, 0.4) is 0 Å². The Bertz CT molecular complexity index is 490. The smallest absolute Gasteiger partial charge is 0.109 e. The molecule has 100 valence electrons. The Labute approximate surface area is 114 Å². The molecule has 2 heteroatoms. The van der Waals surface area contributed by atoms with Crippen LogP contribution in [0.4, 0.5) is 0 Å². The van der Waals surface area contributed by atoms with Gasteiger partial charge >= 0.3 is 0 Å². The van der Waals surface area contributed by atoms with Crippen LogP contribution in [0.15, 0.2) is 54.6 Å². The Balaban J connectivity index is 2.12. The molecule has 0 aliphatic heterocycles. The largest absolute Gasteiger partial charge is 0.385 e. The number of aryl methyl sites for hydroxylation is 1. The highest BCUT2D eigenvalue weighted by atomic mass is 16.3. The minimum absolute atomic E-state index is 0.729. The zero-order valence-electron chi connectivity index (χ0n) is 11.2. The summed E-state index contributed by atoms with van der Waals surface area (Å²) in [6.45, 7) is 2.14. The van der Waals surface area contributed by atoms with Crippen molar-refractivity contribution in [1.29, 1.82) is 0 Å². The number of benzene rings is 2. The van der Waals surface area contributed by atoms with E-state index in [-0.39, 0.29) is 0 Å². The van der Waals surface area contributed by atoms with Crippen molar-refractivity contribution in [2.45, 2.75) is 32.0 Å². The Morgan fingerprint density at radius 1 is 0.789 bits per heavy atom. The Morgan fingerprint density at radius 3 is 1.84 bits per heavy atom. The van der Waals surface area contributed by atoms with Gasteiger partial charge in [0.25, 0.3) is 0 Å². The number of aliphatic hydroxyl groups excluding tert-OH is 2. The van der Waals surface area contributed by atoms with Gasteiger partial charge in [0.2, 0.25) is 0 Å². The zero-order chi connectivity index (χ0) is 13.7. The van der Waals surface area contributed by atoms with Crippen LogP contribution in [0.25, 0.3) is 0 Å². The van der Waals surface area contributed by atoms with Crippen LogP contribution in [0.2, 0.25) is 0 Å². The Hall–Kier alpha value is -1.64. The van der Waals surface area contributed by atoms with Gasteiger partial charge in [-0.2, -0.15) is 0 Å². The Morgan fingerprint density at radius 2 is 1.32 bits per heavy atom. The maximum absolute atomic E-state index is 10.2. The molecule has 19 heavy (non-hydrogen) atoms. The fourth-order valence-corrected chi connectivity index (χ4v) is 2.18. The second-order valence-electron chi connectivity index (χ2n) is 4.79. The predicted molar refractivity (Wildman–Crippen MR) is 76.8 cm³/mol. The van der Waals surface area contributed by atoms with Gasteiger partial charge in [0, 0.05) is 0 Å². The van der Waals surface area contributed by atoms with Crippen molar-refractivity contribution in [2.75, 3.05) is 0 Å². The summed E-state index contributed by atoms with van der Waals surface area (Å²) in [5.41, 5.74) is 2.73. The highest BCUT2D eigenvalue weighted by Gasteiger charge is 2.19. The van der Waals surface area contributed by atoms with Crippen LogP contribution in [0, 0.1) is 0 Å². The zero-order valence-corrected chi connectivity index (χ0v) is 11.2. The fourth-order valence-electron chi connectivity index (χ4n) is 2.18. The van der Waals surface area contributed by atoms with E-state index < -0.39 is 12.2 Å². The van der Waals surface area contributed by atoms with E-state index in [2.05, 4.69) is 6.92 Å². The lowest BCUT2D eigenvalue weighted by atomic mass is 9.97. The van der Waals surface area contributed by atoms with Crippen LogP contribution >= 0.6 is 0 Å². The Kier molecular flexibility index (Phi) is 4.72. The number of hydrogen-bond acceptors (Lipinski definition) is 2. The summed E-state index contributed by atoms with van der Waals surface area (Å²) in [5, 5.41) is 20.4. The topological polar surface area (TPSA) is 40.5 Å². The molecule has 0 aliphatic rings. The van der Waals surface area contributed by atoms with Gasteiger partial charge in [-0.05, 0) is 23.1 Å². The van der Waals surface area contributed by atoms with Crippen LogP contribution in [-0.2, 0) is 6.42 Å². The molecule has 2 atom stereocenters. The second kappa shape index (κ2) is 6.50. The molecule has 0 aromatic heterocycles. The standard InChI is InChI=1S/C17H20O2/c1-2-6-13-9-11-15(12-10-13)17(19)16(18)14-7-4-3-5-8-14/h3-5,7-12,16-19H,2,6H2,1H3. The van der Waals surface area contributed by atoms with Crippen molar-refractivity contribution >= 4 is 0 Å². The summed E-state index contributed by atoms with van der Waals surface area (Å²) in [6.07, 6.45) is 0.364. The molecule has 0 spiro atoms. The molecule has 0 aliphatic carbocycles. The van der Waals surface area contributed by atoms with Gasteiger partial charge in [-0.25, -0.2) is 0 Å². The van der Waals surface area contributed by atoms with E-state index in [4.69, 9.17) is 0 Å². The normalized spacial score (nSPS) is 14.1. The summed E-state index contributed by atoms with van der Waals surface area (Å²) in [5.74, 6) is 0. The molecule has 0 bridgehead atoms. The van der Waals surface area contributed by atoms with E-state index in [1.807, 2.05) is 54.6 Å². The summed E-state index contributed by atoms with van der Waals surface area (Å²) in [6, 6.07) is 17.1. The lowest BCUT2D eigenvalue weighted by Gasteiger charge is -2.18. The molecule has 2 nitrogen and oxygen atoms in total. The minimum atomic E-state index is -0.891. The van der Waals surface area contributed by atoms with Crippen molar-refractivity contribution in [3.63, 3.8) is 0 Å². The molecule has 0 heterocycles. The van der Waals surface area contributed by atoms with E-state index in [1.165, 1.54) is 5.56 Å². The molecular weight excluding hydrogens is 236 g/mol. The molecule has 0 radical (unpaired) electrons. The predicted octanol–water partition coefficient (Wildman–Crippen LogP) is 3.41. The monoisotopic (exact) mass is 256 g/mol. The lowest BCUT2D eigenvalue weighted by molar-refractivity contribution is 0.0172. The molecule has 0 amide bonds. The van der Waals surface area contributed by atoms with Crippen molar-refractivity contribution < 1.29 is 10.2 Å². The van der Waals surface area contributed by atoms with E-state index in [9.17, 15) is 10.2 Å². The van der Waals surface area contributed by atoms with E-state index >= 15 is 0 Å². The minimum Gasteiger partial charge on any atom is -0.385 e. The number of hydrogen-bond donors (Lipinski definition) is 2. The first kappa shape index (κ1) is 13.8. The summed E-state index contributed by atoms with van der Waals surface area (Å²) < 4.78 is 0. The van der Waals surface area contributed by atoms with Crippen molar-refractivity contribution in [3.05, 3.63) is 71.3 Å². The van der Waals surface area contributed by atoms with Crippen molar-refractivity contribution in [1.82, 2.24) is 0 Å². The fraction of sp³-hybridized carbons (Fsp3) is 0.294. The van der Waals surface area contributed by atoms with Crippen LogP contribution in [0.1, 0.15) is 42.2 Å². The second-order valence-corrected chi connectivity index (χ2v) is 4.79. The molecule has 2 N–H and O–H groups in total. The maximum atomic E-state index is 10.2. The molecule has 2 aromatic carbocycles. The third-order valence-electron chi connectivity index (χ3n) is 3.30. The highest BCUT2D eigenvalue weighted by molar-refractivity contribution is 5.27. The lowest BCUT2D eigenvalue weighted by Crippen LogP contribution is -2.10. The van der Waals surface area contributed by atoms with Gasteiger partial charge < -0.3 is 10.2 Å². The third kappa shape index (κ3) is 3.43. The molecule has 0 saturated carbocycles. The van der Waals surface area contributed by atoms with E-state index in [1.54, 1.807) is 0 Å². The average molecular weight is 256 g/mol. The first-order valence-electron chi connectivity index (χ1n) is 6.72. The molecular formula is C17H20O2. The van der Waals surface area contributed by atoms with E-state index in [0.717, 1.165) is 24.0 Å². The summed E-state index contributed by atoms with van der Waals surface area (Å²) >= 11 is 0. The van der Waals surface area contributed by atoms with E-state index in [0.29, 0.717) is 0 Å². The third-order valence-corrected chi connectivity index (χ3v) is 3.30. The molecule has 2 unspecified atom stereocenters. The summed E-state index contributed by atoms with van der Waals surface area (Å²) in [4.78, 5) is 0. The molecule has 2 aromatic rings. The van der Waals surface area contributed by atoms with Crippen LogP contribution < -0.4 is 0 Å². The average Bonchev–Trinajstić information content (AvgIpc) is 2.48. The van der Waals surface area contributed by atoms with Gasteiger partial charge in [-0.3, -0.25) is 0 Å². The van der Waals surface area contributed by atoms with Gasteiger partial charge in [0.1, 0.15) is 12.2 Å².